The summed E-state index contributed by atoms with van der Waals surface area (Å²) < 4.78 is 2.39. The number of aromatic nitrogens is 1. The summed E-state index contributed by atoms with van der Waals surface area (Å²) in [5, 5.41) is 2.45. The maximum Gasteiger partial charge on any atom is 2.00 e. The van der Waals surface area contributed by atoms with Crippen molar-refractivity contribution in [3.05, 3.63) is 156 Å². The van der Waals surface area contributed by atoms with Gasteiger partial charge in [0.15, 0.2) is 0 Å². The summed E-state index contributed by atoms with van der Waals surface area (Å²) >= 11 is 0. The van der Waals surface area contributed by atoms with Crippen LogP contribution in [0.2, 0.25) is 0 Å². The van der Waals surface area contributed by atoms with Crippen molar-refractivity contribution in [3.63, 3.8) is 0 Å². The van der Waals surface area contributed by atoms with Gasteiger partial charge in [0, 0.05) is 17.2 Å². The molecule has 0 amide bonds. The van der Waals surface area contributed by atoms with Crippen LogP contribution in [0.3, 0.4) is 0 Å². The van der Waals surface area contributed by atoms with Gasteiger partial charge in [0.1, 0.15) is 0 Å². The average Bonchev–Trinajstić information content (AvgIpc) is 3.65. The maximum atomic E-state index is 3.95. The third-order valence-corrected chi connectivity index (χ3v) is 10.3. The van der Waals surface area contributed by atoms with Crippen molar-refractivity contribution < 1.29 is 21.1 Å². The van der Waals surface area contributed by atoms with Crippen molar-refractivity contribution in [3.8, 4) is 16.8 Å². The molecule has 0 fully saturated rings. The average molecular weight is 819 g/mol. The van der Waals surface area contributed by atoms with Crippen molar-refractivity contribution in [2.45, 2.75) is 53.0 Å². The summed E-state index contributed by atoms with van der Waals surface area (Å²) in [5.41, 5.74) is 14.1. The van der Waals surface area contributed by atoms with Crippen LogP contribution in [0.1, 0.15) is 49.9 Å². The van der Waals surface area contributed by atoms with Gasteiger partial charge in [-0.05, 0) is 91.1 Å². The summed E-state index contributed by atoms with van der Waals surface area (Å²) in [6, 6.07) is 52.3. The fraction of sp³-hybridized carbons (Fsp3) is 0.200. The van der Waals surface area contributed by atoms with Crippen molar-refractivity contribution in [2.24, 2.45) is 0 Å². The Morgan fingerprint density at radius 2 is 1.33 bits per heavy atom. The fourth-order valence-electron chi connectivity index (χ4n) is 7.61. The monoisotopic (exact) mass is 818 g/mol. The molecule has 0 saturated heterocycles. The second-order valence-electron chi connectivity index (χ2n) is 14.0. The van der Waals surface area contributed by atoms with Crippen molar-refractivity contribution in [2.75, 3.05) is 16.5 Å². The van der Waals surface area contributed by atoms with Crippen LogP contribution in [0.4, 0.5) is 17.1 Å². The number of para-hydroxylation sites is 3. The predicted octanol–water partition coefficient (Wildman–Crippen LogP) is 11.3. The van der Waals surface area contributed by atoms with Crippen LogP contribution in [-0.4, -0.2) is 17.3 Å². The minimum Gasteiger partial charge on any atom is -0.349 e. The molecule has 0 atom stereocenters. The SMILES string of the molecule is Cc1cccc(C)c1-c1cccc(-n2c3[c-]c(C(C)(C)c4[c-]c(N5CN(C(C)C)c6ccccc65)ccc4)ccc3c3ccccc32)c1.[Pt+2]. The largest absolute Gasteiger partial charge is 2.00 e. The second kappa shape index (κ2) is 12.7. The minimum atomic E-state index is -0.331. The smallest absolute Gasteiger partial charge is 0.349 e. The Balaban J connectivity index is 0.00000378. The zero-order valence-corrected chi connectivity index (χ0v) is 31.3. The second-order valence-corrected chi connectivity index (χ2v) is 14.0. The molecular weight excluding hydrogens is 778 g/mol. The Morgan fingerprint density at radius 1 is 0.653 bits per heavy atom. The molecule has 0 unspecified atom stereocenters. The molecule has 0 bridgehead atoms. The molecule has 0 aliphatic carbocycles. The Bertz CT molecular complexity index is 2310. The Labute approximate surface area is 305 Å². The molecule has 2 heterocycles. The molecule has 0 saturated carbocycles. The molecule has 1 aliphatic rings. The summed E-state index contributed by atoms with van der Waals surface area (Å²) in [7, 11) is 0. The van der Waals surface area contributed by atoms with Crippen LogP contribution in [0.25, 0.3) is 38.6 Å². The molecule has 3 nitrogen and oxygen atoms in total. The van der Waals surface area contributed by atoms with Crippen molar-refractivity contribution in [1.82, 2.24) is 4.57 Å². The van der Waals surface area contributed by atoms with E-state index in [0.717, 1.165) is 34.7 Å². The van der Waals surface area contributed by atoms with Crippen LogP contribution in [-0.2, 0) is 26.5 Å². The number of nitrogens with zero attached hydrogens (tertiary/aromatic N) is 3. The van der Waals surface area contributed by atoms with E-state index >= 15 is 0 Å². The minimum absolute atomic E-state index is 0. The van der Waals surface area contributed by atoms with E-state index in [1.165, 1.54) is 49.9 Å². The van der Waals surface area contributed by atoms with Gasteiger partial charge in [-0.25, -0.2) is 0 Å². The number of benzene rings is 6. The van der Waals surface area contributed by atoms with Gasteiger partial charge in [0.25, 0.3) is 0 Å². The molecule has 4 heteroatoms. The van der Waals surface area contributed by atoms with E-state index in [2.05, 4.69) is 189 Å². The molecule has 0 N–H and O–H groups in total. The van der Waals surface area contributed by atoms with Crippen LogP contribution in [0, 0.1) is 26.0 Å². The number of hydrogen-bond acceptors (Lipinski definition) is 2. The van der Waals surface area contributed by atoms with Gasteiger partial charge in [-0.3, -0.25) is 0 Å². The fourth-order valence-corrected chi connectivity index (χ4v) is 7.61. The van der Waals surface area contributed by atoms with Gasteiger partial charge in [-0.2, -0.15) is 47.5 Å². The van der Waals surface area contributed by atoms with Gasteiger partial charge in [0.05, 0.1) is 18.0 Å². The Hall–Kier alpha value is -4.59. The van der Waals surface area contributed by atoms with E-state index < -0.39 is 0 Å². The van der Waals surface area contributed by atoms with Crippen molar-refractivity contribution >= 4 is 38.9 Å². The first-order valence-corrected chi connectivity index (χ1v) is 17.0. The van der Waals surface area contributed by atoms with E-state index in [1.54, 1.807) is 0 Å². The number of hydrogen-bond donors (Lipinski definition) is 0. The van der Waals surface area contributed by atoms with Gasteiger partial charge in [-0.1, -0.05) is 85.7 Å². The Morgan fingerprint density at radius 3 is 2.10 bits per heavy atom. The summed E-state index contributed by atoms with van der Waals surface area (Å²) in [6.45, 7) is 14.3. The zero-order valence-electron chi connectivity index (χ0n) is 29.0. The summed E-state index contributed by atoms with van der Waals surface area (Å²) in [6.07, 6.45) is 0. The zero-order chi connectivity index (χ0) is 33.2. The standard InChI is InChI=1S/C45H41N3.Pt/c1-30(2)46-29-47(42-23-10-9-22-41(42)46)36-18-13-17-34(27-36)45(5,6)35-24-25-39-38-20-7-8-21-40(38)48(43(39)28-35)37-19-12-16-33(26-37)44-31(3)14-11-15-32(44)4;/h7-26,30H,29H2,1-6H3;/q-2;+2. The summed E-state index contributed by atoms with van der Waals surface area (Å²) in [4.78, 5) is 4.85. The Kier molecular flexibility index (Phi) is 8.53. The van der Waals surface area contributed by atoms with E-state index in [9.17, 15) is 0 Å². The molecule has 246 valence electrons. The molecule has 8 rings (SSSR count). The quantitative estimate of drug-likeness (QED) is 0.155. The van der Waals surface area contributed by atoms with Crippen LogP contribution < -0.4 is 9.80 Å². The van der Waals surface area contributed by atoms with Gasteiger partial charge in [0.2, 0.25) is 0 Å². The van der Waals surface area contributed by atoms with E-state index in [4.69, 9.17) is 0 Å². The van der Waals surface area contributed by atoms with E-state index in [0.29, 0.717) is 6.04 Å². The number of fused-ring (bicyclic) bond motifs is 4. The van der Waals surface area contributed by atoms with Gasteiger partial charge >= 0.3 is 21.1 Å². The predicted molar refractivity (Wildman–Crippen MR) is 203 cm³/mol. The first-order valence-electron chi connectivity index (χ1n) is 17.0. The molecule has 0 spiro atoms. The normalized spacial score (nSPS) is 13.0. The molecular formula is C45H41N3Pt. The molecule has 7 aromatic rings. The molecule has 1 aromatic heterocycles. The van der Waals surface area contributed by atoms with Gasteiger partial charge in [-0.15, -0.1) is 11.5 Å². The first-order chi connectivity index (χ1) is 23.2. The molecule has 49 heavy (non-hydrogen) atoms. The van der Waals surface area contributed by atoms with Crippen LogP contribution in [0.15, 0.2) is 121 Å². The molecule has 1 aliphatic heterocycles. The molecule has 6 aromatic carbocycles. The number of rotatable bonds is 6. The third-order valence-electron chi connectivity index (χ3n) is 10.3. The van der Waals surface area contributed by atoms with Crippen molar-refractivity contribution in [1.29, 1.82) is 0 Å². The number of anilines is 3. The topological polar surface area (TPSA) is 11.4 Å². The third kappa shape index (κ3) is 5.49. The van der Waals surface area contributed by atoms with Crippen LogP contribution >= 0.6 is 0 Å². The van der Waals surface area contributed by atoms with E-state index in [-0.39, 0.29) is 26.5 Å². The van der Waals surface area contributed by atoms with Crippen LogP contribution in [0.5, 0.6) is 0 Å². The van der Waals surface area contributed by atoms with Gasteiger partial charge < -0.3 is 14.4 Å². The summed E-state index contributed by atoms with van der Waals surface area (Å²) in [5.74, 6) is 0. The first kappa shape index (κ1) is 32.9. The van der Waals surface area contributed by atoms with E-state index in [1.807, 2.05) is 0 Å². The number of aryl methyl sites for hydroxylation is 2. The maximum absolute atomic E-state index is 3.95. The molecule has 0 radical (unpaired) electrons.